The quantitative estimate of drug-likeness (QED) is 0.823. The molecule has 23 heavy (non-hydrogen) atoms. The number of nitrogens with zero attached hydrogens (tertiary/aromatic N) is 1. The van der Waals surface area contributed by atoms with Gasteiger partial charge in [0.05, 0.1) is 4.90 Å². The summed E-state index contributed by atoms with van der Waals surface area (Å²) in [5, 5.41) is 0. The molecule has 2 fully saturated rings. The highest BCUT2D eigenvalue weighted by Crippen LogP contribution is 2.27. The van der Waals surface area contributed by atoms with E-state index >= 15 is 0 Å². The molecule has 2 aliphatic rings. The molecule has 0 unspecified atom stereocenters. The van der Waals surface area contributed by atoms with E-state index in [2.05, 4.69) is 25.6 Å². The van der Waals surface area contributed by atoms with Gasteiger partial charge in [-0.1, -0.05) is 28.8 Å². The molecule has 0 atom stereocenters. The Kier molecular flexibility index (Phi) is 5.78. The number of piperidine rings is 1. The van der Waals surface area contributed by atoms with E-state index in [-0.39, 0.29) is 0 Å². The van der Waals surface area contributed by atoms with Gasteiger partial charge in [-0.15, -0.1) is 0 Å². The first kappa shape index (κ1) is 17.4. The van der Waals surface area contributed by atoms with Gasteiger partial charge in [0.15, 0.2) is 0 Å². The molecule has 1 heterocycles. The summed E-state index contributed by atoms with van der Waals surface area (Å²) in [7, 11) is -3.39. The Morgan fingerprint density at radius 1 is 1.04 bits per heavy atom. The summed E-state index contributed by atoms with van der Waals surface area (Å²) < 4.78 is 28.3. The number of likely N-dealkylation sites (tertiary alicyclic amines) is 1. The molecule has 0 spiro atoms. The van der Waals surface area contributed by atoms with Crippen molar-refractivity contribution in [1.82, 2.24) is 9.62 Å². The second-order valence-electron chi connectivity index (χ2n) is 6.72. The third-order valence-corrected chi connectivity index (χ3v) is 7.14. The molecule has 1 aromatic carbocycles. The maximum atomic E-state index is 12.3. The van der Waals surface area contributed by atoms with Crippen molar-refractivity contribution < 1.29 is 8.42 Å². The van der Waals surface area contributed by atoms with Crippen molar-refractivity contribution >= 4 is 26.0 Å². The fourth-order valence-electron chi connectivity index (χ4n) is 3.72. The minimum absolute atomic E-state index is 0.337. The lowest BCUT2D eigenvalue weighted by atomic mass is 9.96. The zero-order valence-electron chi connectivity index (χ0n) is 13.4. The highest BCUT2D eigenvalue weighted by Gasteiger charge is 2.27. The minimum Gasteiger partial charge on any atom is -0.300 e. The summed E-state index contributed by atoms with van der Waals surface area (Å²) in [4.78, 5) is 2.95. The van der Waals surface area contributed by atoms with Gasteiger partial charge >= 0.3 is 0 Å². The second-order valence-corrected chi connectivity index (χ2v) is 9.41. The average molecular weight is 401 g/mol. The lowest BCUT2D eigenvalue weighted by Crippen LogP contribution is -2.42. The number of benzene rings is 1. The molecule has 4 nitrogen and oxygen atoms in total. The summed E-state index contributed by atoms with van der Waals surface area (Å²) in [6, 6.07) is 7.57. The fraction of sp³-hybridized carbons (Fsp3) is 0.647. The smallest absolute Gasteiger partial charge is 0.240 e. The van der Waals surface area contributed by atoms with E-state index in [0.717, 1.165) is 36.4 Å². The SMILES string of the molecule is O=S(=O)(NCC1CCN(C2CCCC2)CC1)c1ccc(Br)cc1. The maximum absolute atomic E-state index is 12.3. The Bertz CT molecular complexity index is 604. The first-order valence-corrected chi connectivity index (χ1v) is 10.8. The summed E-state index contributed by atoms with van der Waals surface area (Å²) in [5.74, 6) is 0.456. The lowest BCUT2D eigenvalue weighted by molar-refractivity contribution is 0.135. The Labute approximate surface area is 147 Å². The van der Waals surface area contributed by atoms with Crippen LogP contribution in [0.1, 0.15) is 38.5 Å². The first-order valence-electron chi connectivity index (χ1n) is 8.54. The third kappa shape index (κ3) is 4.56. The van der Waals surface area contributed by atoms with Gasteiger partial charge in [0.1, 0.15) is 0 Å². The van der Waals surface area contributed by atoms with Crippen LogP contribution in [0.15, 0.2) is 33.6 Å². The zero-order valence-corrected chi connectivity index (χ0v) is 15.8. The van der Waals surface area contributed by atoms with Crippen molar-refractivity contribution in [2.45, 2.75) is 49.5 Å². The predicted molar refractivity (Wildman–Crippen MR) is 95.9 cm³/mol. The standard InChI is InChI=1S/C17H25BrN2O2S/c18-15-5-7-17(8-6-15)23(21,22)19-13-14-9-11-20(12-10-14)16-3-1-2-4-16/h5-8,14,16,19H,1-4,9-13H2. The van der Waals surface area contributed by atoms with Crippen LogP contribution in [0.3, 0.4) is 0 Å². The summed E-state index contributed by atoms with van der Waals surface area (Å²) in [5.41, 5.74) is 0. The predicted octanol–water partition coefficient (Wildman–Crippen LogP) is 3.38. The highest BCUT2D eigenvalue weighted by molar-refractivity contribution is 9.10. The third-order valence-electron chi connectivity index (χ3n) is 5.18. The van der Waals surface area contributed by atoms with Crippen molar-refractivity contribution in [3.8, 4) is 0 Å². The van der Waals surface area contributed by atoms with Crippen molar-refractivity contribution in [1.29, 1.82) is 0 Å². The van der Waals surface area contributed by atoms with Crippen LogP contribution in [-0.4, -0.2) is 39.0 Å². The number of hydrogen-bond acceptors (Lipinski definition) is 3. The molecule has 128 valence electrons. The number of rotatable bonds is 5. The largest absolute Gasteiger partial charge is 0.300 e. The van der Waals surface area contributed by atoms with Crippen LogP contribution in [0.4, 0.5) is 0 Å². The number of sulfonamides is 1. The summed E-state index contributed by atoms with van der Waals surface area (Å²) in [6.45, 7) is 2.79. The molecule has 1 N–H and O–H groups in total. The van der Waals surface area contributed by atoms with E-state index in [1.54, 1.807) is 24.3 Å². The molecule has 1 aromatic rings. The van der Waals surface area contributed by atoms with Crippen LogP contribution >= 0.6 is 15.9 Å². The van der Waals surface area contributed by atoms with Crippen LogP contribution in [0, 0.1) is 5.92 Å². The monoisotopic (exact) mass is 400 g/mol. The van der Waals surface area contributed by atoms with Crippen LogP contribution in [0.25, 0.3) is 0 Å². The Hall–Kier alpha value is -0.430. The van der Waals surface area contributed by atoms with Gasteiger partial charge in [-0.2, -0.15) is 0 Å². The summed E-state index contributed by atoms with van der Waals surface area (Å²) >= 11 is 3.33. The maximum Gasteiger partial charge on any atom is 0.240 e. The van der Waals surface area contributed by atoms with Crippen molar-refractivity contribution in [2.24, 2.45) is 5.92 Å². The van der Waals surface area contributed by atoms with E-state index in [1.165, 1.54) is 25.7 Å². The molecular formula is C17H25BrN2O2S. The molecule has 1 aliphatic carbocycles. The molecule has 1 saturated carbocycles. The molecule has 1 aliphatic heterocycles. The first-order chi connectivity index (χ1) is 11.0. The van der Waals surface area contributed by atoms with Crippen molar-refractivity contribution in [3.05, 3.63) is 28.7 Å². The van der Waals surface area contributed by atoms with Gasteiger partial charge in [-0.05, 0) is 69.0 Å². The number of halogens is 1. The minimum atomic E-state index is -3.39. The van der Waals surface area contributed by atoms with Crippen molar-refractivity contribution in [3.63, 3.8) is 0 Å². The fourth-order valence-corrected chi connectivity index (χ4v) is 5.10. The van der Waals surface area contributed by atoms with Crippen molar-refractivity contribution in [2.75, 3.05) is 19.6 Å². The molecule has 6 heteroatoms. The molecular weight excluding hydrogens is 376 g/mol. The van der Waals surface area contributed by atoms with Gasteiger partial charge in [-0.25, -0.2) is 13.1 Å². The highest BCUT2D eigenvalue weighted by atomic mass is 79.9. The second kappa shape index (κ2) is 7.64. The molecule has 0 bridgehead atoms. The Morgan fingerprint density at radius 3 is 2.26 bits per heavy atom. The van der Waals surface area contributed by atoms with Gasteiger partial charge in [0.2, 0.25) is 10.0 Å². The van der Waals surface area contributed by atoms with E-state index in [1.807, 2.05) is 0 Å². The van der Waals surface area contributed by atoms with Crippen LogP contribution < -0.4 is 4.72 Å². The van der Waals surface area contributed by atoms with Gasteiger partial charge < -0.3 is 4.90 Å². The van der Waals surface area contributed by atoms with Gasteiger partial charge in [-0.3, -0.25) is 0 Å². The van der Waals surface area contributed by atoms with E-state index in [9.17, 15) is 8.42 Å². The zero-order chi connectivity index (χ0) is 16.3. The van der Waals surface area contributed by atoms with E-state index in [0.29, 0.717) is 17.4 Å². The number of nitrogens with one attached hydrogen (secondary N) is 1. The molecule has 3 rings (SSSR count). The normalized spacial score (nSPS) is 21.8. The van der Waals surface area contributed by atoms with Crippen LogP contribution in [0.2, 0.25) is 0 Å². The number of hydrogen-bond donors (Lipinski definition) is 1. The van der Waals surface area contributed by atoms with Crippen LogP contribution in [-0.2, 0) is 10.0 Å². The summed E-state index contributed by atoms with van der Waals surface area (Å²) in [6.07, 6.45) is 7.63. The molecule has 0 amide bonds. The molecule has 0 aromatic heterocycles. The van der Waals surface area contributed by atoms with E-state index in [4.69, 9.17) is 0 Å². The van der Waals surface area contributed by atoms with Crippen LogP contribution in [0.5, 0.6) is 0 Å². The topological polar surface area (TPSA) is 49.4 Å². The Balaban J connectivity index is 1.48. The Morgan fingerprint density at radius 2 is 1.65 bits per heavy atom. The molecule has 1 saturated heterocycles. The van der Waals surface area contributed by atoms with Gasteiger partial charge in [0, 0.05) is 17.1 Å². The average Bonchev–Trinajstić information content (AvgIpc) is 3.08. The molecule has 0 radical (unpaired) electrons. The lowest BCUT2D eigenvalue weighted by Gasteiger charge is -2.36. The van der Waals surface area contributed by atoms with Gasteiger partial charge in [0.25, 0.3) is 0 Å². The van der Waals surface area contributed by atoms with E-state index < -0.39 is 10.0 Å².